The molecule has 0 saturated carbocycles. The molecular formula is C17H24N2O3. The maximum atomic E-state index is 12.2. The molecule has 1 amide bonds. The lowest BCUT2D eigenvalue weighted by atomic mass is 10.0. The minimum absolute atomic E-state index is 0.00569. The van der Waals surface area contributed by atoms with Crippen LogP contribution < -0.4 is 4.90 Å². The molecule has 120 valence electrons. The number of benzene rings is 1. The molecular weight excluding hydrogens is 280 g/mol. The van der Waals surface area contributed by atoms with E-state index >= 15 is 0 Å². The topological polar surface area (TPSA) is 42.0 Å². The highest BCUT2D eigenvalue weighted by Crippen LogP contribution is 2.34. The molecule has 1 aromatic rings. The van der Waals surface area contributed by atoms with E-state index in [1.54, 1.807) is 0 Å². The van der Waals surface area contributed by atoms with E-state index < -0.39 is 0 Å². The Balaban J connectivity index is 1.64. The van der Waals surface area contributed by atoms with E-state index in [-0.39, 0.29) is 18.6 Å². The Bertz CT molecular complexity index is 514. The maximum Gasteiger partial charge on any atom is 0.248 e. The normalized spacial score (nSPS) is 22.1. The van der Waals surface area contributed by atoms with Gasteiger partial charge in [-0.2, -0.15) is 0 Å². The third-order valence-corrected chi connectivity index (χ3v) is 4.43. The second-order valence-electron chi connectivity index (χ2n) is 5.92. The number of carbonyl (C=O) groups excluding carboxylic acids is 1. The maximum absolute atomic E-state index is 12.2. The van der Waals surface area contributed by atoms with E-state index in [2.05, 4.69) is 30.1 Å². The second kappa shape index (κ2) is 7.11. The van der Waals surface area contributed by atoms with Gasteiger partial charge in [0.15, 0.2) is 0 Å². The average Bonchev–Trinajstić information content (AvgIpc) is 2.73. The summed E-state index contributed by atoms with van der Waals surface area (Å²) in [5, 5.41) is 0. The SMILES string of the molecule is CN1CCCC(OCC(=O)N2CCOCC2)c2ccccc21. The first-order chi connectivity index (χ1) is 10.8. The molecule has 5 heteroatoms. The van der Waals surface area contributed by atoms with Crippen molar-refractivity contribution in [2.24, 2.45) is 0 Å². The van der Waals surface area contributed by atoms with Crippen LogP contribution in [0.1, 0.15) is 24.5 Å². The Morgan fingerprint density at radius 2 is 2.05 bits per heavy atom. The van der Waals surface area contributed by atoms with Crippen LogP contribution in [0.5, 0.6) is 0 Å². The van der Waals surface area contributed by atoms with Gasteiger partial charge in [0.25, 0.3) is 0 Å². The lowest BCUT2D eigenvalue weighted by molar-refractivity contribution is -0.142. The van der Waals surface area contributed by atoms with Crippen molar-refractivity contribution in [2.75, 3.05) is 51.4 Å². The summed E-state index contributed by atoms with van der Waals surface area (Å²) in [6.07, 6.45) is 2.03. The van der Waals surface area contributed by atoms with Gasteiger partial charge >= 0.3 is 0 Å². The Hall–Kier alpha value is -1.59. The quantitative estimate of drug-likeness (QED) is 0.854. The molecule has 1 atom stereocenters. The van der Waals surface area contributed by atoms with Gasteiger partial charge in [-0.15, -0.1) is 0 Å². The van der Waals surface area contributed by atoms with E-state index in [1.807, 2.05) is 11.0 Å². The fraction of sp³-hybridized carbons (Fsp3) is 0.588. The number of ether oxygens (including phenoxy) is 2. The van der Waals surface area contributed by atoms with Gasteiger partial charge in [0.05, 0.1) is 19.3 Å². The third kappa shape index (κ3) is 3.42. The van der Waals surface area contributed by atoms with Crippen LogP contribution in [-0.2, 0) is 14.3 Å². The summed E-state index contributed by atoms with van der Waals surface area (Å²) in [7, 11) is 2.11. The predicted octanol–water partition coefficient (Wildman–Crippen LogP) is 1.83. The Morgan fingerprint density at radius 3 is 2.86 bits per heavy atom. The molecule has 0 bridgehead atoms. The highest BCUT2D eigenvalue weighted by Gasteiger charge is 2.24. The van der Waals surface area contributed by atoms with E-state index in [9.17, 15) is 4.79 Å². The Labute approximate surface area is 131 Å². The summed E-state index contributed by atoms with van der Waals surface area (Å²) in [6.45, 7) is 3.78. The van der Waals surface area contributed by atoms with Crippen LogP contribution in [0.2, 0.25) is 0 Å². The summed E-state index contributed by atoms with van der Waals surface area (Å²) in [5.74, 6) is 0.0679. The van der Waals surface area contributed by atoms with E-state index in [1.165, 1.54) is 11.3 Å². The zero-order valence-electron chi connectivity index (χ0n) is 13.2. The van der Waals surface area contributed by atoms with Crippen molar-refractivity contribution in [3.63, 3.8) is 0 Å². The molecule has 0 spiro atoms. The van der Waals surface area contributed by atoms with Crippen LogP contribution in [0.25, 0.3) is 0 Å². The average molecular weight is 304 g/mol. The summed E-state index contributed by atoms with van der Waals surface area (Å²) < 4.78 is 11.3. The largest absolute Gasteiger partial charge is 0.378 e. The van der Waals surface area contributed by atoms with Crippen molar-refractivity contribution in [1.82, 2.24) is 4.90 Å². The molecule has 1 aromatic carbocycles. The van der Waals surface area contributed by atoms with Gasteiger partial charge in [0.1, 0.15) is 6.61 Å². The van der Waals surface area contributed by atoms with Gasteiger partial charge in [-0.3, -0.25) is 4.79 Å². The molecule has 2 aliphatic rings. The first-order valence-corrected chi connectivity index (χ1v) is 8.03. The predicted molar refractivity (Wildman–Crippen MR) is 85.0 cm³/mol. The second-order valence-corrected chi connectivity index (χ2v) is 5.92. The smallest absolute Gasteiger partial charge is 0.248 e. The molecule has 1 fully saturated rings. The fourth-order valence-electron chi connectivity index (χ4n) is 3.15. The van der Waals surface area contributed by atoms with Crippen LogP contribution >= 0.6 is 0 Å². The number of para-hydroxylation sites is 1. The molecule has 2 aliphatic heterocycles. The van der Waals surface area contributed by atoms with Gasteiger partial charge < -0.3 is 19.3 Å². The molecule has 0 N–H and O–H groups in total. The number of morpholine rings is 1. The molecule has 2 heterocycles. The van der Waals surface area contributed by atoms with Crippen molar-refractivity contribution < 1.29 is 14.3 Å². The summed E-state index contributed by atoms with van der Waals surface area (Å²) in [5.41, 5.74) is 2.40. The van der Waals surface area contributed by atoms with Crippen molar-refractivity contribution in [3.05, 3.63) is 29.8 Å². The molecule has 1 unspecified atom stereocenters. The molecule has 3 rings (SSSR count). The first kappa shape index (κ1) is 15.3. The summed E-state index contributed by atoms with van der Waals surface area (Å²) in [4.78, 5) is 16.3. The standard InChI is InChI=1S/C17H24N2O3/c1-18-8-4-7-16(14-5-2-3-6-15(14)18)22-13-17(20)19-9-11-21-12-10-19/h2-3,5-6,16H,4,7-13H2,1H3. The number of hydrogen-bond donors (Lipinski definition) is 0. The highest BCUT2D eigenvalue weighted by molar-refractivity contribution is 5.77. The number of hydrogen-bond acceptors (Lipinski definition) is 4. The minimum atomic E-state index is 0.00569. The van der Waals surface area contributed by atoms with E-state index in [0.29, 0.717) is 26.3 Å². The third-order valence-electron chi connectivity index (χ3n) is 4.43. The van der Waals surface area contributed by atoms with Gasteiger partial charge in [0.2, 0.25) is 5.91 Å². The van der Waals surface area contributed by atoms with Crippen molar-refractivity contribution in [2.45, 2.75) is 18.9 Å². The number of fused-ring (bicyclic) bond motifs is 1. The summed E-state index contributed by atoms with van der Waals surface area (Å²) in [6, 6.07) is 8.33. The molecule has 1 saturated heterocycles. The van der Waals surface area contributed by atoms with Crippen LogP contribution in [0.4, 0.5) is 5.69 Å². The molecule has 0 aliphatic carbocycles. The molecule has 5 nitrogen and oxygen atoms in total. The van der Waals surface area contributed by atoms with Crippen LogP contribution in [-0.4, -0.2) is 57.3 Å². The minimum Gasteiger partial charge on any atom is -0.378 e. The lowest BCUT2D eigenvalue weighted by Crippen LogP contribution is -2.42. The molecule has 0 aromatic heterocycles. The van der Waals surface area contributed by atoms with E-state index in [0.717, 1.165) is 19.4 Å². The van der Waals surface area contributed by atoms with Crippen LogP contribution in [0.3, 0.4) is 0 Å². The number of amides is 1. The van der Waals surface area contributed by atoms with Crippen LogP contribution in [0, 0.1) is 0 Å². The zero-order valence-corrected chi connectivity index (χ0v) is 13.2. The van der Waals surface area contributed by atoms with Gasteiger partial charge in [-0.05, 0) is 18.9 Å². The van der Waals surface area contributed by atoms with Crippen molar-refractivity contribution >= 4 is 11.6 Å². The number of carbonyl (C=O) groups is 1. The van der Waals surface area contributed by atoms with Crippen molar-refractivity contribution in [3.8, 4) is 0 Å². The fourth-order valence-corrected chi connectivity index (χ4v) is 3.15. The monoisotopic (exact) mass is 304 g/mol. The highest BCUT2D eigenvalue weighted by atomic mass is 16.5. The molecule has 0 radical (unpaired) electrons. The van der Waals surface area contributed by atoms with Gasteiger partial charge in [-0.1, -0.05) is 18.2 Å². The van der Waals surface area contributed by atoms with E-state index in [4.69, 9.17) is 9.47 Å². The Kier molecular flexibility index (Phi) is 4.95. The van der Waals surface area contributed by atoms with Gasteiger partial charge in [-0.25, -0.2) is 0 Å². The number of nitrogens with zero attached hydrogens (tertiary/aromatic N) is 2. The molecule has 22 heavy (non-hydrogen) atoms. The zero-order chi connectivity index (χ0) is 15.4. The lowest BCUT2D eigenvalue weighted by Gasteiger charge is -2.28. The number of rotatable bonds is 3. The first-order valence-electron chi connectivity index (χ1n) is 8.03. The number of anilines is 1. The van der Waals surface area contributed by atoms with Crippen LogP contribution in [0.15, 0.2) is 24.3 Å². The Morgan fingerprint density at radius 1 is 1.27 bits per heavy atom. The summed E-state index contributed by atoms with van der Waals surface area (Å²) >= 11 is 0. The van der Waals surface area contributed by atoms with Crippen molar-refractivity contribution in [1.29, 1.82) is 0 Å². The van der Waals surface area contributed by atoms with Gasteiger partial charge in [0, 0.05) is 37.9 Å².